The highest BCUT2D eigenvalue weighted by Crippen LogP contribution is 2.35. The number of nitrogens with two attached hydrogens (primary N) is 1. The lowest BCUT2D eigenvalue weighted by Gasteiger charge is -2.05. The molecule has 2 rings (SSSR count). The number of hydrogen-bond donors (Lipinski definition) is 1. The molecular weight excluding hydrogens is 212 g/mol. The van der Waals surface area contributed by atoms with Crippen LogP contribution in [0, 0.1) is 0 Å². The van der Waals surface area contributed by atoms with Gasteiger partial charge in [0, 0.05) is 13.5 Å². The molecule has 0 amide bonds. The van der Waals surface area contributed by atoms with Gasteiger partial charge in [-0.1, -0.05) is 17.4 Å². The van der Waals surface area contributed by atoms with E-state index in [1.54, 1.807) is 7.11 Å². The maximum absolute atomic E-state index is 5.59. The first-order chi connectivity index (χ1) is 7.24. The fraction of sp³-hybridized carbons (Fsp3) is 0.667. The summed E-state index contributed by atoms with van der Waals surface area (Å²) in [5.41, 5.74) is 7.25. The zero-order valence-corrected chi connectivity index (χ0v) is 9.46. The van der Waals surface area contributed by atoms with E-state index in [1.165, 1.54) is 12.8 Å². The molecule has 0 saturated heterocycles. The molecule has 0 aromatic carbocycles. The van der Waals surface area contributed by atoms with Gasteiger partial charge in [0.05, 0.1) is 18.3 Å². The SMILES string of the molecule is COCCc1c(C(N)=S)nnn1C1CC1. The van der Waals surface area contributed by atoms with Gasteiger partial charge in [-0.2, -0.15) is 0 Å². The number of methoxy groups -OCH3 is 1. The minimum Gasteiger partial charge on any atom is -0.388 e. The van der Waals surface area contributed by atoms with Gasteiger partial charge in [0.25, 0.3) is 0 Å². The van der Waals surface area contributed by atoms with Gasteiger partial charge in [-0.3, -0.25) is 0 Å². The van der Waals surface area contributed by atoms with Gasteiger partial charge in [0.15, 0.2) is 0 Å². The topological polar surface area (TPSA) is 66.0 Å². The van der Waals surface area contributed by atoms with Crippen molar-refractivity contribution in [3.63, 3.8) is 0 Å². The summed E-state index contributed by atoms with van der Waals surface area (Å²) in [6.07, 6.45) is 3.09. The first-order valence-electron chi connectivity index (χ1n) is 4.97. The summed E-state index contributed by atoms with van der Waals surface area (Å²) < 4.78 is 6.99. The Morgan fingerprint density at radius 2 is 2.40 bits per heavy atom. The Bertz CT molecular complexity index is 372. The van der Waals surface area contributed by atoms with Crippen LogP contribution in [0.5, 0.6) is 0 Å². The molecule has 1 fully saturated rings. The fourth-order valence-electron chi connectivity index (χ4n) is 1.55. The summed E-state index contributed by atoms with van der Waals surface area (Å²) >= 11 is 4.94. The van der Waals surface area contributed by atoms with Crippen molar-refractivity contribution in [3.8, 4) is 0 Å². The Balaban J connectivity index is 2.26. The Kier molecular flexibility index (Phi) is 2.97. The molecule has 0 unspecified atom stereocenters. The monoisotopic (exact) mass is 226 g/mol. The maximum atomic E-state index is 5.59. The van der Waals surface area contributed by atoms with E-state index >= 15 is 0 Å². The van der Waals surface area contributed by atoms with Crippen molar-refractivity contribution in [2.24, 2.45) is 5.73 Å². The molecule has 0 atom stereocenters. The maximum Gasteiger partial charge on any atom is 0.143 e. The van der Waals surface area contributed by atoms with E-state index in [9.17, 15) is 0 Å². The van der Waals surface area contributed by atoms with E-state index in [2.05, 4.69) is 10.3 Å². The van der Waals surface area contributed by atoms with Crippen LogP contribution in [0.25, 0.3) is 0 Å². The summed E-state index contributed by atoms with van der Waals surface area (Å²) in [6, 6.07) is 0.493. The average Bonchev–Trinajstić information content (AvgIpc) is 2.95. The van der Waals surface area contributed by atoms with Gasteiger partial charge >= 0.3 is 0 Å². The predicted octanol–water partition coefficient (Wildman–Crippen LogP) is 0.436. The molecule has 1 aromatic heterocycles. The minimum absolute atomic E-state index is 0.313. The van der Waals surface area contributed by atoms with E-state index in [4.69, 9.17) is 22.7 Å². The van der Waals surface area contributed by atoms with E-state index in [1.807, 2.05) is 4.68 Å². The van der Waals surface area contributed by atoms with Crippen LogP contribution < -0.4 is 5.73 Å². The first-order valence-corrected chi connectivity index (χ1v) is 5.37. The second-order valence-electron chi connectivity index (χ2n) is 3.67. The number of aromatic nitrogens is 3. The van der Waals surface area contributed by atoms with Crippen molar-refractivity contribution in [2.45, 2.75) is 25.3 Å². The van der Waals surface area contributed by atoms with Gasteiger partial charge in [0.2, 0.25) is 0 Å². The largest absolute Gasteiger partial charge is 0.388 e. The van der Waals surface area contributed by atoms with Crippen LogP contribution in [0.3, 0.4) is 0 Å². The second kappa shape index (κ2) is 4.24. The Morgan fingerprint density at radius 3 is 2.93 bits per heavy atom. The van der Waals surface area contributed by atoms with Gasteiger partial charge in [-0.15, -0.1) is 5.10 Å². The fourth-order valence-corrected chi connectivity index (χ4v) is 1.71. The molecule has 1 saturated carbocycles. The molecule has 2 N–H and O–H groups in total. The Labute approximate surface area is 93.6 Å². The highest BCUT2D eigenvalue weighted by molar-refractivity contribution is 7.80. The molecule has 82 valence electrons. The lowest BCUT2D eigenvalue weighted by molar-refractivity contribution is 0.200. The number of rotatable bonds is 5. The smallest absolute Gasteiger partial charge is 0.143 e. The Hall–Kier alpha value is -1.01. The van der Waals surface area contributed by atoms with Gasteiger partial charge < -0.3 is 10.5 Å². The number of hydrogen-bond acceptors (Lipinski definition) is 4. The molecule has 1 heterocycles. The minimum atomic E-state index is 0.313. The average molecular weight is 226 g/mol. The molecule has 15 heavy (non-hydrogen) atoms. The predicted molar refractivity (Wildman–Crippen MR) is 59.8 cm³/mol. The molecule has 0 bridgehead atoms. The van der Waals surface area contributed by atoms with Crippen LogP contribution in [0.15, 0.2) is 0 Å². The van der Waals surface area contributed by atoms with E-state index in [-0.39, 0.29) is 0 Å². The highest BCUT2D eigenvalue weighted by Gasteiger charge is 2.29. The van der Waals surface area contributed by atoms with E-state index < -0.39 is 0 Å². The molecule has 6 heteroatoms. The third-order valence-electron chi connectivity index (χ3n) is 2.46. The zero-order valence-electron chi connectivity index (χ0n) is 8.64. The second-order valence-corrected chi connectivity index (χ2v) is 4.11. The van der Waals surface area contributed by atoms with Crippen molar-refractivity contribution in [2.75, 3.05) is 13.7 Å². The summed E-state index contributed by atoms with van der Waals surface area (Å²) in [5, 5.41) is 8.12. The highest BCUT2D eigenvalue weighted by atomic mass is 32.1. The van der Waals surface area contributed by atoms with Crippen LogP contribution >= 0.6 is 12.2 Å². The van der Waals surface area contributed by atoms with Crippen molar-refractivity contribution in [1.29, 1.82) is 0 Å². The van der Waals surface area contributed by atoms with Crippen LogP contribution in [-0.2, 0) is 11.2 Å². The van der Waals surface area contributed by atoms with Gasteiger partial charge in [-0.25, -0.2) is 4.68 Å². The lowest BCUT2D eigenvalue weighted by atomic mass is 10.2. The van der Waals surface area contributed by atoms with Crippen LogP contribution in [0.2, 0.25) is 0 Å². The van der Waals surface area contributed by atoms with Gasteiger partial charge in [0.1, 0.15) is 10.7 Å². The lowest BCUT2D eigenvalue weighted by Crippen LogP contribution is -2.15. The van der Waals surface area contributed by atoms with Crippen molar-refractivity contribution >= 4 is 17.2 Å². The van der Waals surface area contributed by atoms with Gasteiger partial charge in [-0.05, 0) is 12.8 Å². The molecule has 0 radical (unpaired) electrons. The summed E-state index contributed by atoms with van der Waals surface area (Å²) in [6.45, 7) is 0.635. The quantitative estimate of drug-likeness (QED) is 0.738. The molecule has 1 aromatic rings. The van der Waals surface area contributed by atoms with E-state index in [0.717, 1.165) is 12.1 Å². The first kappa shape index (κ1) is 10.5. The third kappa shape index (κ3) is 2.15. The molecule has 1 aliphatic rings. The normalized spacial score (nSPS) is 15.5. The summed E-state index contributed by atoms with van der Waals surface area (Å²) in [4.78, 5) is 0.313. The Morgan fingerprint density at radius 1 is 1.67 bits per heavy atom. The summed E-state index contributed by atoms with van der Waals surface area (Å²) in [5.74, 6) is 0. The van der Waals surface area contributed by atoms with Crippen molar-refractivity contribution < 1.29 is 4.74 Å². The molecule has 0 aliphatic heterocycles. The molecule has 1 aliphatic carbocycles. The standard InChI is InChI=1S/C9H14N4OS/c1-14-5-4-7-8(9(10)15)11-12-13(7)6-2-3-6/h6H,2-5H2,1H3,(H2,10,15). The third-order valence-corrected chi connectivity index (χ3v) is 2.65. The number of ether oxygens (including phenoxy) is 1. The molecule has 5 nitrogen and oxygen atoms in total. The van der Waals surface area contributed by atoms with Crippen molar-refractivity contribution in [1.82, 2.24) is 15.0 Å². The number of nitrogens with zero attached hydrogens (tertiary/aromatic N) is 3. The summed E-state index contributed by atoms with van der Waals surface area (Å²) in [7, 11) is 1.67. The van der Waals surface area contributed by atoms with E-state index in [0.29, 0.717) is 23.3 Å². The zero-order chi connectivity index (χ0) is 10.8. The van der Waals surface area contributed by atoms with Crippen LogP contribution in [-0.4, -0.2) is 33.7 Å². The molecular formula is C9H14N4OS. The molecule has 0 spiro atoms. The van der Waals surface area contributed by atoms with Crippen molar-refractivity contribution in [3.05, 3.63) is 11.4 Å². The number of thiocarbonyl (C=S) groups is 1. The van der Waals surface area contributed by atoms with Crippen LogP contribution in [0.1, 0.15) is 30.3 Å². The van der Waals surface area contributed by atoms with Crippen LogP contribution in [0.4, 0.5) is 0 Å².